The zero-order chi connectivity index (χ0) is 12.5. The third-order valence-corrected chi connectivity index (χ3v) is 3.60. The summed E-state index contributed by atoms with van der Waals surface area (Å²) in [5.74, 6) is 1.43. The molecule has 0 amide bonds. The molecule has 0 radical (unpaired) electrons. The minimum atomic E-state index is 0.665. The molecule has 3 nitrogen and oxygen atoms in total. The van der Waals surface area contributed by atoms with E-state index in [1.165, 1.54) is 24.0 Å². The highest BCUT2D eigenvalue weighted by atomic mass is 15.0. The average Bonchev–Trinajstić information content (AvgIpc) is 2.39. The molecule has 1 aromatic heterocycles. The Hall–Kier alpha value is -1.90. The fraction of sp³-hybridized carbons (Fsp3) is 0.333. The number of benzene rings is 1. The van der Waals surface area contributed by atoms with Crippen LogP contribution in [0.25, 0.3) is 11.4 Å². The topological polar surface area (TPSA) is 51.8 Å². The summed E-state index contributed by atoms with van der Waals surface area (Å²) < 4.78 is 0. The van der Waals surface area contributed by atoms with Gasteiger partial charge < -0.3 is 5.73 Å². The number of rotatable bonds is 1. The van der Waals surface area contributed by atoms with E-state index in [1.807, 2.05) is 12.1 Å². The van der Waals surface area contributed by atoms with Crippen LogP contribution in [0.1, 0.15) is 29.7 Å². The van der Waals surface area contributed by atoms with Crippen molar-refractivity contribution in [3.05, 3.63) is 41.1 Å². The lowest BCUT2D eigenvalue weighted by molar-refractivity contribution is 0.666. The van der Waals surface area contributed by atoms with E-state index < -0.39 is 0 Å². The van der Waals surface area contributed by atoms with Gasteiger partial charge in [0.1, 0.15) is 5.82 Å². The van der Waals surface area contributed by atoms with Crippen LogP contribution in [0.3, 0.4) is 0 Å². The highest BCUT2D eigenvalue weighted by Gasteiger charge is 2.17. The second-order valence-corrected chi connectivity index (χ2v) is 4.88. The third-order valence-electron chi connectivity index (χ3n) is 3.60. The monoisotopic (exact) mass is 239 g/mol. The normalized spacial score (nSPS) is 14.3. The summed E-state index contributed by atoms with van der Waals surface area (Å²) in [5, 5.41) is 0. The van der Waals surface area contributed by atoms with E-state index in [4.69, 9.17) is 10.7 Å². The Balaban J connectivity index is 2.14. The van der Waals surface area contributed by atoms with Gasteiger partial charge in [-0.05, 0) is 38.2 Å². The number of hydrogen-bond acceptors (Lipinski definition) is 3. The standard InChI is InChI=1S/C15H17N3/c1-10-6-2-3-7-11(10)15-17-13-9-5-4-8-12(13)14(16)18-15/h2-3,6-7H,4-5,8-9H2,1H3,(H2,16,17,18). The molecular formula is C15H17N3. The maximum atomic E-state index is 6.08. The average molecular weight is 239 g/mol. The molecular weight excluding hydrogens is 222 g/mol. The highest BCUT2D eigenvalue weighted by Crippen LogP contribution is 2.27. The van der Waals surface area contributed by atoms with E-state index in [0.717, 1.165) is 29.9 Å². The van der Waals surface area contributed by atoms with Crippen molar-refractivity contribution < 1.29 is 0 Å². The molecule has 0 atom stereocenters. The second-order valence-electron chi connectivity index (χ2n) is 4.88. The molecule has 3 rings (SSSR count). The largest absolute Gasteiger partial charge is 0.383 e. The molecule has 2 N–H and O–H groups in total. The van der Waals surface area contributed by atoms with Gasteiger partial charge in [0, 0.05) is 16.8 Å². The molecule has 92 valence electrons. The Bertz CT molecular complexity index is 590. The van der Waals surface area contributed by atoms with Crippen molar-refractivity contribution in [1.82, 2.24) is 9.97 Å². The van der Waals surface area contributed by atoms with Crippen LogP contribution in [0.4, 0.5) is 5.82 Å². The number of hydrogen-bond donors (Lipinski definition) is 1. The fourth-order valence-electron chi connectivity index (χ4n) is 2.57. The number of anilines is 1. The van der Waals surface area contributed by atoms with Gasteiger partial charge in [0.2, 0.25) is 0 Å². The Kier molecular flexibility index (Phi) is 2.74. The van der Waals surface area contributed by atoms with Crippen molar-refractivity contribution >= 4 is 5.82 Å². The van der Waals surface area contributed by atoms with Gasteiger partial charge >= 0.3 is 0 Å². The van der Waals surface area contributed by atoms with Crippen molar-refractivity contribution in [3.63, 3.8) is 0 Å². The molecule has 1 aliphatic rings. The van der Waals surface area contributed by atoms with Crippen LogP contribution >= 0.6 is 0 Å². The number of nitrogens with zero attached hydrogens (tertiary/aromatic N) is 2. The van der Waals surface area contributed by atoms with Crippen molar-refractivity contribution in [2.75, 3.05) is 5.73 Å². The first kappa shape index (κ1) is 11.2. The highest BCUT2D eigenvalue weighted by molar-refractivity contribution is 5.62. The predicted octanol–water partition coefficient (Wildman–Crippen LogP) is 2.91. The minimum Gasteiger partial charge on any atom is -0.383 e. The first-order valence-corrected chi connectivity index (χ1v) is 6.47. The van der Waals surface area contributed by atoms with Gasteiger partial charge in [0.05, 0.1) is 0 Å². The van der Waals surface area contributed by atoms with Crippen LogP contribution in [-0.4, -0.2) is 9.97 Å². The minimum absolute atomic E-state index is 0.665. The Morgan fingerprint density at radius 2 is 1.83 bits per heavy atom. The summed E-state index contributed by atoms with van der Waals surface area (Å²) in [7, 11) is 0. The molecule has 0 saturated heterocycles. The van der Waals surface area contributed by atoms with Crippen LogP contribution < -0.4 is 5.73 Å². The zero-order valence-corrected chi connectivity index (χ0v) is 10.6. The lowest BCUT2D eigenvalue weighted by Gasteiger charge is -2.17. The number of aromatic nitrogens is 2. The van der Waals surface area contributed by atoms with E-state index in [1.54, 1.807) is 0 Å². The van der Waals surface area contributed by atoms with E-state index in [9.17, 15) is 0 Å². The van der Waals surface area contributed by atoms with Crippen molar-refractivity contribution in [2.45, 2.75) is 32.6 Å². The molecule has 1 heterocycles. The van der Waals surface area contributed by atoms with Gasteiger partial charge in [0.15, 0.2) is 5.82 Å². The van der Waals surface area contributed by atoms with Gasteiger partial charge in [0.25, 0.3) is 0 Å². The Morgan fingerprint density at radius 3 is 2.67 bits per heavy atom. The number of aryl methyl sites for hydroxylation is 2. The van der Waals surface area contributed by atoms with Gasteiger partial charge in [-0.3, -0.25) is 0 Å². The van der Waals surface area contributed by atoms with Crippen LogP contribution in [0.5, 0.6) is 0 Å². The van der Waals surface area contributed by atoms with E-state index in [2.05, 4.69) is 24.0 Å². The zero-order valence-electron chi connectivity index (χ0n) is 10.6. The number of nitrogen functional groups attached to an aromatic ring is 1. The van der Waals surface area contributed by atoms with Gasteiger partial charge in [-0.15, -0.1) is 0 Å². The fourth-order valence-corrected chi connectivity index (χ4v) is 2.57. The van der Waals surface area contributed by atoms with Crippen LogP contribution in [0.15, 0.2) is 24.3 Å². The third kappa shape index (κ3) is 1.86. The first-order chi connectivity index (χ1) is 8.75. The molecule has 0 fully saturated rings. The van der Waals surface area contributed by atoms with Crippen LogP contribution in [0.2, 0.25) is 0 Å². The van der Waals surface area contributed by atoms with E-state index in [-0.39, 0.29) is 0 Å². The molecule has 0 bridgehead atoms. The summed E-state index contributed by atoms with van der Waals surface area (Å²) >= 11 is 0. The lowest BCUT2D eigenvalue weighted by atomic mass is 9.96. The van der Waals surface area contributed by atoms with Crippen molar-refractivity contribution in [3.8, 4) is 11.4 Å². The summed E-state index contributed by atoms with van der Waals surface area (Å²) in [5.41, 5.74) is 10.7. The Morgan fingerprint density at radius 1 is 1.06 bits per heavy atom. The summed E-state index contributed by atoms with van der Waals surface area (Å²) in [4.78, 5) is 9.20. The van der Waals surface area contributed by atoms with Crippen LogP contribution in [-0.2, 0) is 12.8 Å². The molecule has 1 aromatic carbocycles. The molecule has 0 unspecified atom stereocenters. The molecule has 0 spiro atoms. The number of fused-ring (bicyclic) bond motifs is 1. The lowest BCUT2D eigenvalue weighted by Crippen LogP contribution is -2.12. The molecule has 0 saturated carbocycles. The SMILES string of the molecule is Cc1ccccc1-c1nc(N)c2c(n1)CCCC2. The summed E-state index contributed by atoms with van der Waals surface area (Å²) in [6.45, 7) is 2.08. The first-order valence-electron chi connectivity index (χ1n) is 6.47. The smallest absolute Gasteiger partial charge is 0.162 e. The van der Waals surface area contributed by atoms with Crippen LogP contribution in [0, 0.1) is 6.92 Å². The van der Waals surface area contributed by atoms with Gasteiger partial charge in [-0.25, -0.2) is 9.97 Å². The summed E-state index contributed by atoms with van der Waals surface area (Å²) in [6.07, 6.45) is 4.46. The van der Waals surface area contributed by atoms with Crippen molar-refractivity contribution in [2.24, 2.45) is 0 Å². The van der Waals surface area contributed by atoms with Gasteiger partial charge in [-0.2, -0.15) is 0 Å². The maximum absolute atomic E-state index is 6.08. The quantitative estimate of drug-likeness (QED) is 0.832. The van der Waals surface area contributed by atoms with Gasteiger partial charge in [-0.1, -0.05) is 24.3 Å². The predicted molar refractivity (Wildman–Crippen MR) is 73.3 cm³/mol. The Labute approximate surface area is 107 Å². The summed E-state index contributed by atoms with van der Waals surface area (Å²) in [6, 6.07) is 8.18. The molecule has 0 aliphatic heterocycles. The molecule has 2 aromatic rings. The molecule has 1 aliphatic carbocycles. The van der Waals surface area contributed by atoms with E-state index in [0.29, 0.717) is 5.82 Å². The molecule has 18 heavy (non-hydrogen) atoms. The number of nitrogens with two attached hydrogens (primary N) is 1. The maximum Gasteiger partial charge on any atom is 0.162 e. The van der Waals surface area contributed by atoms with Crippen molar-refractivity contribution in [1.29, 1.82) is 0 Å². The second kappa shape index (κ2) is 4.41. The molecule has 3 heteroatoms. The van der Waals surface area contributed by atoms with E-state index >= 15 is 0 Å².